The Balaban J connectivity index is 0.000000356. The van der Waals surface area contributed by atoms with Crippen molar-refractivity contribution < 1.29 is 9.13 Å². The highest BCUT2D eigenvalue weighted by atomic mass is 35.5. The summed E-state index contributed by atoms with van der Waals surface area (Å²) in [4.78, 5) is 6.98. The first-order chi connectivity index (χ1) is 20.8. The summed E-state index contributed by atoms with van der Waals surface area (Å²) in [6, 6.07) is 7.95. The van der Waals surface area contributed by atoms with Gasteiger partial charge in [0.1, 0.15) is 5.52 Å². The van der Waals surface area contributed by atoms with E-state index in [1.165, 1.54) is 32.9 Å². The molecule has 0 amide bonds. The van der Waals surface area contributed by atoms with Gasteiger partial charge in [0.15, 0.2) is 5.82 Å². The zero-order valence-electron chi connectivity index (χ0n) is 25.5. The number of nitriles is 1. The summed E-state index contributed by atoms with van der Waals surface area (Å²) in [5.41, 5.74) is 5.09. The van der Waals surface area contributed by atoms with Gasteiger partial charge in [0.25, 0.3) is 0 Å². The fourth-order valence-electron chi connectivity index (χ4n) is 6.27. The Bertz CT molecular complexity index is 1790. The van der Waals surface area contributed by atoms with Gasteiger partial charge < -0.3 is 19.5 Å². The molecule has 0 spiro atoms. The Kier molecular flexibility index (Phi) is 9.50. The number of aromatic amines is 1. The van der Waals surface area contributed by atoms with Crippen molar-refractivity contribution in [3.8, 4) is 23.1 Å². The maximum atomic E-state index is 16.4. The molecule has 2 aliphatic rings. The number of hydrogen-bond acceptors (Lipinski definition) is 6. The number of hydrogen-bond donors (Lipinski definition) is 2. The van der Waals surface area contributed by atoms with Gasteiger partial charge in [-0.1, -0.05) is 11.6 Å². The monoisotopic (exact) mass is 603 g/mol. The second-order valence-electron chi connectivity index (χ2n) is 11.3. The predicted molar refractivity (Wildman–Crippen MR) is 172 cm³/mol. The standard InChI is InChI=1S/C26H25ClFN5O.C5H11N.C2H3N/c1-13-10-20-18(12-30-32-20)21(14(13)2)22-19(27)11-17-24(23(22)28)31-26(34-3)16-6-9-33(25(16)17)15-4-7-29-8-5-15;1-6-4-2-3-5-6;1-2-3/h6,9-12,15,29H,4-5,7-8H2,1-3H3,(H,30,32);2-5H2,1H3;1H3. The highest BCUT2D eigenvalue weighted by Gasteiger charge is 2.26. The molecule has 43 heavy (non-hydrogen) atoms. The van der Waals surface area contributed by atoms with E-state index in [1.54, 1.807) is 19.4 Å². The topological polar surface area (TPSA) is 94.8 Å². The molecule has 226 valence electrons. The molecule has 5 heterocycles. The Morgan fingerprint density at radius 2 is 1.79 bits per heavy atom. The van der Waals surface area contributed by atoms with Crippen LogP contribution >= 0.6 is 11.6 Å². The Morgan fingerprint density at radius 1 is 1.09 bits per heavy atom. The van der Waals surface area contributed by atoms with Gasteiger partial charge in [0.05, 0.1) is 40.8 Å². The number of nitrogens with zero attached hydrogens (tertiary/aromatic N) is 5. The number of rotatable bonds is 3. The van der Waals surface area contributed by atoms with Crippen LogP contribution in [-0.4, -0.2) is 65.0 Å². The third-order valence-electron chi connectivity index (χ3n) is 8.55. The summed E-state index contributed by atoms with van der Waals surface area (Å²) in [5, 5.41) is 20.6. The van der Waals surface area contributed by atoms with E-state index >= 15 is 4.39 Å². The van der Waals surface area contributed by atoms with Gasteiger partial charge in [-0.3, -0.25) is 5.10 Å². The van der Waals surface area contributed by atoms with Crippen molar-refractivity contribution in [1.82, 2.24) is 30.0 Å². The van der Waals surface area contributed by atoms with E-state index in [-0.39, 0.29) is 5.52 Å². The van der Waals surface area contributed by atoms with Crippen LogP contribution in [0.25, 0.3) is 43.8 Å². The molecular weight excluding hydrogens is 565 g/mol. The Hall–Kier alpha value is -3.71. The zero-order chi connectivity index (χ0) is 30.7. The molecule has 0 radical (unpaired) electrons. The highest BCUT2D eigenvalue weighted by Crippen LogP contribution is 2.44. The molecular formula is C33H39ClFN7O. The van der Waals surface area contributed by atoms with Gasteiger partial charge >= 0.3 is 0 Å². The third kappa shape index (κ3) is 5.92. The number of benzene rings is 2. The molecule has 0 saturated carbocycles. The van der Waals surface area contributed by atoms with Gasteiger partial charge in [-0.2, -0.15) is 10.4 Å². The van der Waals surface area contributed by atoms with Crippen LogP contribution in [0.15, 0.2) is 30.6 Å². The first-order valence-corrected chi connectivity index (χ1v) is 15.2. The van der Waals surface area contributed by atoms with Crippen molar-refractivity contribution in [1.29, 1.82) is 5.26 Å². The van der Waals surface area contributed by atoms with Gasteiger partial charge in [-0.15, -0.1) is 0 Å². The number of nitrogens with one attached hydrogen (secondary N) is 2. The van der Waals surface area contributed by atoms with E-state index in [2.05, 4.69) is 43.2 Å². The molecule has 5 aromatic rings. The molecule has 2 N–H and O–H groups in total. The summed E-state index contributed by atoms with van der Waals surface area (Å²) in [7, 11) is 3.75. The molecule has 2 fully saturated rings. The second kappa shape index (κ2) is 13.3. The minimum absolute atomic E-state index is 0.259. The minimum Gasteiger partial charge on any atom is -0.480 e. The number of halogens is 2. The lowest BCUT2D eigenvalue weighted by Gasteiger charge is -2.25. The molecule has 8 nitrogen and oxygen atoms in total. The van der Waals surface area contributed by atoms with Crippen molar-refractivity contribution in [3.05, 3.63) is 52.6 Å². The number of methoxy groups -OCH3 is 1. The maximum Gasteiger partial charge on any atom is 0.223 e. The van der Waals surface area contributed by atoms with Gasteiger partial charge in [0.2, 0.25) is 5.88 Å². The smallest absolute Gasteiger partial charge is 0.223 e. The number of aromatic nitrogens is 4. The number of pyridine rings is 1. The van der Waals surface area contributed by atoms with E-state index in [0.29, 0.717) is 27.9 Å². The van der Waals surface area contributed by atoms with Crippen molar-refractivity contribution >= 4 is 44.3 Å². The largest absolute Gasteiger partial charge is 0.480 e. The summed E-state index contributed by atoms with van der Waals surface area (Å²) in [5.74, 6) is -0.0336. The first-order valence-electron chi connectivity index (χ1n) is 14.8. The lowest BCUT2D eigenvalue weighted by Crippen LogP contribution is -2.29. The van der Waals surface area contributed by atoms with E-state index in [4.69, 9.17) is 21.6 Å². The predicted octanol–water partition coefficient (Wildman–Crippen LogP) is 7.32. The summed E-state index contributed by atoms with van der Waals surface area (Å²) >= 11 is 6.87. The zero-order valence-corrected chi connectivity index (χ0v) is 26.3. The molecule has 0 aliphatic carbocycles. The van der Waals surface area contributed by atoms with E-state index in [1.807, 2.05) is 32.0 Å². The number of aryl methyl sites for hydroxylation is 1. The van der Waals surface area contributed by atoms with Crippen LogP contribution in [0.1, 0.15) is 49.8 Å². The molecule has 0 unspecified atom stereocenters. The van der Waals surface area contributed by atoms with Crippen molar-refractivity contribution in [2.24, 2.45) is 0 Å². The normalized spacial score (nSPS) is 15.7. The lowest BCUT2D eigenvalue weighted by atomic mass is 9.92. The molecule has 0 bridgehead atoms. The number of likely N-dealkylation sites (tertiary alicyclic amines) is 1. The maximum absolute atomic E-state index is 16.4. The summed E-state index contributed by atoms with van der Waals surface area (Å²) in [6.45, 7) is 9.97. The van der Waals surface area contributed by atoms with E-state index in [0.717, 1.165) is 64.4 Å². The minimum atomic E-state index is -0.447. The van der Waals surface area contributed by atoms with Gasteiger partial charge in [0, 0.05) is 41.1 Å². The number of fused-ring (bicyclic) bond motifs is 4. The third-order valence-corrected chi connectivity index (χ3v) is 8.85. The van der Waals surface area contributed by atoms with Crippen molar-refractivity contribution in [3.63, 3.8) is 0 Å². The number of H-pyrrole nitrogens is 1. The summed E-state index contributed by atoms with van der Waals surface area (Å²) in [6.07, 6.45) is 8.61. The molecule has 0 atom stereocenters. The SMILES string of the molecule is CC#N.CN1CCCC1.COc1nc2c(F)c(-c3c(C)c(C)cc4[nH]ncc34)c(Cl)cc2c2c1ccn2C1CCNCC1. The molecule has 7 rings (SSSR count). The van der Waals surface area contributed by atoms with Crippen LogP contribution in [-0.2, 0) is 0 Å². The molecule has 2 saturated heterocycles. The van der Waals surface area contributed by atoms with Crippen LogP contribution in [0.4, 0.5) is 4.39 Å². The quantitative estimate of drug-likeness (QED) is 0.224. The highest BCUT2D eigenvalue weighted by molar-refractivity contribution is 6.35. The lowest BCUT2D eigenvalue weighted by molar-refractivity contribution is 0.376. The number of ether oxygens (including phenoxy) is 1. The average Bonchev–Trinajstić information content (AvgIpc) is 3.77. The molecule has 2 aromatic carbocycles. The average molecular weight is 604 g/mol. The molecule has 2 aliphatic heterocycles. The van der Waals surface area contributed by atoms with Crippen molar-refractivity contribution in [2.75, 3.05) is 40.3 Å². The van der Waals surface area contributed by atoms with E-state index in [9.17, 15) is 0 Å². The summed E-state index contributed by atoms with van der Waals surface area (Å²) < 4.78 is 24.3. The van der Waals surface area contributed by atoms with Crippen LogP contribution in [0, 0.1) is 31.0 Å². The Labute approximate surface area is 256 Å². The van der Waals surface area contributed by atoms with Gasteiger partial charge in [-0.05, 0) is 102 Å². The van der Waals surface area contributed by atoms with E-state index < -0.39 is 5.82 Å². The number of piperidine rings is 1. The fraction of sp³-hybridized carbons (Fsp3) is 0.424. The van der Waals surface area contributed by atoms with Crippen molar-refractivity contribution in [2.45, 2.75) is 52.5 Å². The van der Waals surface area contributed by atoms with Crippen LogP contribution < -0.4 is 10.1 Å². The van der Waals surface area contributed by atoms with Crippen LogP contribution in [0.3, 0.4) is 0 Å². The Morgan fingerprint density at radius 3 is 2.42 bits per heavy atom. The molecule has 3 aromatic heterocycles. The fourth-order valence-corrected chi connectivity index (χ4v) is 6.55. The second-order valence-corrected chi connectivity index (χ2v) is 11.7. The molecule has 10 heteroatoms. The van der Waals surface area contributed by atoms with Gasteiger partial charge in [-0.25, -0.2) is 9.37 Å². The first kappa shape index (κ1) is 30.7. The van der Waals surface area contributed by atoms with Crippen LogP contribution in [0.2, 0.25) is 5.02 Å². The van der Waals surface area contributed by atoms with Crippen LogP contribution in [0.5, 0.6) is 5.88 Å².